The first-order valence-electron chi connectivity index (χ1n) is 12.4. The van der Waals surface area contributed by atoms with Crippen LogP contribution in [0, 0.1) is 5.92 Å². The third-order valence-corrected chi connectivity index (χ3v) is 7.29. The van der Waals surface area contributed by atoms with Crippen molar-refractivity contribution >= 4 is 18.0 Å². The van der Waals surface area contributed by atoms with Crippen LogP contribution < -0.4 is 0 Å². The Hall–Kier alpha value is -3.47. The number of aliphatic hydroxyl groups is 2. The summed E-state index contributed by atoms with van der Waals surface area (Å²) in [5.41, 5.74) is 3.70. The number of nitrogens with zero attached hydrogens (tertiary/aromatic N) is 2. The van der Waals surface area contributed by atoms with Crippen LogP contribution in [0.15, 0.2) is 54.6 Å². The number of carboxylic acid groups (broad SMARTS) is 2. The van der Waals surface area contributed by atoms with Gasteiger partial charge in [0, 0.05) is 13.1 Å². The maximum Gasteiger partial charge on any atom is 0.410 e. The van der Waals surface area contributed by atoms with Crippen LogP contribution in [-0.2, 0) is 20.7 Å². The van der Waals surface area contributed by atoms with Gasteiger partial charge in [-0.25, -0.2) is 14.4 Å². The normalized spacial score (nSPS) is 25.6. The molecule has 0 aromatic heterocycles. The van der Waals surface area contributed by atoms with Crippen LogP contribution in [0.2, 0.25) is 0 Å². The molecule has 4 atom stereocenters. The summed E-state index contributed by atoms with van der Waals surface area (Å²) in [7, 11) is 0. The van der Waals surface area contributed by atoms with E-state index in [4.69, 9.17) is 25.2 Å². The highest BCUT2D eigenvalue weighted by Gasteiger charge is 2.39. The number of aliphatic carboxylic acids is 2. The Kier molecular flexibility index (Phi) is 8.42. The van der Waals surface area contributed by atoms with E-state index >= 15 is 0 Å². The molecule has 0 radical (unpaired) electrons. The van der Waals surface area contributed by atoms with Crippen molar-refractivity contribution in [2.45, 2.75) is 43.6 Å². The molecule has 10 nitrogen and oxygen atoms in total. The van der Waals surface area contributed by atoms with Gasteiger partial charge >= 0.3 is 18.0 Å². The summed E-state index contributed by atoms with van der Waals surface area (Å²) in [5, 5.41) is 32.5. The van der Waals surface area contributed by atoms with Gasteiger partial charge in [0.05, 0.1) is 6.04 Å². The Labute approximate surface area is 214 Å². The lowest BCUT2D eigenvalue weighted by atomic mass is 9.86. The fourth-order valence-electron chi connectivity index (χ4n) is 5.27. The number of aliphatic hydroxyl groups excluding tert-OH is 2. The van der Waals surface area contributed by atoms with Gasteiger partial charge in [-0.3, -0.25) is 9.80 Å². The van der Waals surface area contributed by atoms with Crippen molar-refractivity contribution in [3.8, 4) is 0 Å². The van der Waals surface area contributed by atoms with Gasteiger partial charge in [0.15, 0.2) is 12.2 Å². The number of amides is 1. The zero-order chi connectivity index (χ0) is 26.5. The second-order valence-electron chi connectivity index (χ2n) is 9.58. The molecule has 10 heteroatoms. The first-order valence-corrected chi connectivity index (χ1v) is 12.4. The molecule has 4 aliphatic heterocycles. The van der Waals surface area contributed by atoms with Crippen molar-refractivity contribution in [2.75, 3.05) is 26.2 Å². The molecule has 4 N–H and O–H groups in total. The van der Waals surface area contributed by atoms with Crippen molar-refractivity contribution in [3.05, 3.63) is 71.3 Å². The lowest BCUT2D eigenvalue weighted by Crippen LogP contribution is -2.53. The number of ether oxygens (including phenoxy) is 1. The first-order chi connectivity index (χ1) is 17.8. The highest BCUT2D eigenvalue weighted by atomic mass is 16.6. The molecule has 2 aromatic carbocycles. The highest BCUT2D eigenvalue weighted by Crippen LogP contribution is 2.36. The minimum Gasteiger partial charge on any atom is -0.479 e. The zero-order valence-corrected chi connectivity index (χ0v) is 20.3. The minimum atomic E-state index is -2.27. The Balaban J connectivity index is 0.000000275. The maximum absolute atomic E-state index is 13.2. The van der Waals surface area contributed by atoms with Crippen LogP contribution in [0.4, 0.5) is 4.79 Å². The lowest BCUT2D eigenvalue weighted by Gasteiger charge is -2.45. The molecule has 37 heavy (non-hydrogen) atoms. The molecule has 4 heterocycles. The third-order valence-electron chi connectivity index (χ3n) is 7.29. The molecular weight excluding hydrogens is 480 g/mol. The van der Waals surface area contributed by atoms with E-state index in [1.54, 1.807) is 0 Å². The van der Waals surface area contributed by atoms with Crippen molar-refractivity contribution in [3.63, 3.8) is 0 Å². The van der Waals surface area contributed by atoms with E-state index in [0.29, 0.717) is 12.5 Å². The molecule has 3 saturated heterocycles. The predicted octanol–water partition coefficient (Wildman–Crippen LogP) is 1.74. The van der Waals surface area contributed by atoms with Gasteiger partial charge in [0.25, 0.3) is 0 Å². The number of benzene rings is 2. The number of piperidine rings is 3. The van der Waals surface area contributed by atoms with E-state index in [0.717, 1.165) is 44.5 Å². The minimum absolute atomic E-state index is 0.0496. The van der Waals surface area contributed by atoms with Crippen LogP contribution >= 0.6 is 0 Å². The van der Waals surface area contributed by atoms with E-state index in [1.807, 2.05) is 23.1 Å². The summed E-state index contributed by atoms with van der Waals surface area (Å²) < 4.78 is 6.08. The van der Waals surface area contributed by atoms with Gasteiger partial charge in [-0.05, 0) is 55.0 Å². The Morgan fingerprint density at radius 3 is 2.00 bits per heavy atom. The van der Waals surface area contributed by atoms with Crippen LogP contribution in [0.3, 0.4) is 0 Å². The molecular formula is C27H32N2O8. The van der Waals surface area contributed by atoms with E-state index in [1.165, 1.54) is 11.1 Å². The Bertz CT molecular complexity index is 1080. The van der Waals surface area contributed by atoms with Gasteiger partial charge in [0.1, 0.15) is 6.10 Å². The van der Waals surface area contributed by atoms with E-state index in [2.05, 4.69) is 41.3 Å². The van der Waals surface area contributed by atoms with Gasteiger partial charge in [-0.2, -0.15) is 0 Å². The molecule has 6 rings (SSSR count). The second-order valence-corrected chi connectivity index (χ2v) is 9.58. The topological polar surface area (TPSA) is 148 Å². The highest BCUT2D eigenvalue weighted by molar-refractivity contribution is 5.83. The predicted molar refractivity (Wildman–Crippen MR) is 132 cm³/mol. The van der Waals surface area contributed by atoms with Crippen LogP contribution in [0.5, 0.6) is 0 Å². The first kappa shape index (κ1) is 26.6. The number of fused-ring (bicyclic) bond motifs is 4. The molecule has 4 aliphatic rings. The van der Waals surface area contributed by atoms with Crippen molar-refractivity contribution in [1.82, 2.24) is 9.80 Å². The van der Waals surface area contributed by atoms with Gasteiger partial charge in [-0.15, -0.1) is 0 Å². The zero-order valence-electron chi connectivity index (χ0n) is 20.3. The van der Waals surface area contributed by atoms with E-state index < -0.39 is 24.1 Å². The number of hydrogen-bond acceptors (Lipinski definition) is 7. The molecule has 0 aliphatic carbocycles. The fraction of sp³-hybridized carbons (Fsp3) is 0.444. The van der Waals surface area contributed by atoms with Crippen LogP contribution in [0.1, 0.15) is 35.6 Å². The molecule has 1 amide bonds. The number of hydrogen-bond donors (Lipinski definition) is 4. The summed E-state index contributed by atoms with van der Waals surface area (Å²) in [6.45, 7) is 3.91. The standard InChI is InChI=1S/C23H26N2O2.C4H6O6/c26-23(27-21-16-24-13-10-18(21)11-14-24)25-15-12-17-6-4-5-9-20(17)22(25)19-7-2-1-3-8-19;5-1(3(7)8)2(6)4(9)10/h1-9,18,21-22H,10-16H2;1-2,5-6H,(H,7,8)(H,9,10)/t21-,22?;/m0./s1. The smallest absolute Gasteiger partial charge is 0.410 e. The largest absolute Gasteiger partial charge is 0.479 e. The van der Waals surface area contributed by atoms with Gasteiger partial charge in [-0.1, -0.05) is 54.6 Å². The number of carbonyl (C=O) groups excluding carboxylic acids is 1. The molecule has 2 aromatic rings. The van der Waals surface area contributed by atoms with Gasteiger partial charge in [0.2, 0.25) is 0 Å². The Morgan fingerprint density at radius 2 is 1.43 bits per heavy atom. The van der Waals surface area contributed by atoms with E-state index in [-0.39, 0.29) is 18.2 Å². The average molecular weight is 513 g/mol. The summed E-state index contributed by atoms with van der Waals surface area (Å²) >= 11 is 0. The third kappa shape index (κ3) is 6.10. The van der Waals surface area contributed by atoms with Gasteiger partial charge < -0.3 is 25.2 Å². The summed E-state index contributed by atoms with van der Waals surface area (Å²) in [4.78, 5) is 37.1. The summed E-state index contributed by atoms with van der Waals surface area (Å²) in [6.07, 6.45) is -1.44. The van der Waals surface area contributed by atoms with Crippen LogP contribution in [0.25, 0.3) is 0 Å². The average Bonchev–Trinajstić information content (AvgIpc) is 2.93. The molecule has 0 spiro atoms. The molecule has 2 bridgehead atoms. The molecule has 3 fully saturated rings. The molecule has 0 saturated carbocycles. The molecule has 3 unspecified atom stereocenters. The van der Waals surface area contributed by atoms with Crippen molar-refractivity contribution in [1.29, 1.82) is 0 Å². The molecule has 198 valence electrons. The Morgan fingerprint density at radius 1 is 0.838 bits per heavy atom. The van der Waals surface area contributed by atoms with Crippen molar-refractivity contribution in [2.24, 2.45) is 5.92 Å². The lowest BCUT2D eigenvalue weighted by molar-refractivity contribution is -0.165. The van der Waals surface area contributed by atoms with E-state index in [9.17, 15) is 14.4 Å². The number of carbonyl (C=O) groups is 3. The quantitative estimate of drug-likeness (QED) is 0.470. The maximum atomic E-state index is 13.2. The monoisotopic (exact) mass is 512 g/mol. The summed E-state index contributed by atoms with van der Waals surface area (Å²) in [5.74, 6) is -3.00. The van der Waals surface area contributed by atoms with Crippen LogP contribution in [-0.4, -0.2) is 92.7 Å². The second kappa shape index (κ2) is 11.7. The fourth-order valence-corrected chi connectivity index (χ4v) is 5.27. The summed E-state index contributed by atoms with van der Waals surface area (Å²) in [6, 6.07) is 18.8. The number of carboxylic acids is 2. The van der Waals surface area contributed by atoms with Crippen molar-refractivity contribution < 1.29 is 39.5 Å². The number of rotatable bonds is 5. The SMILES string of the molecule is O=C(O)C(O)C(O)C(=O)O.O=C(O[C@H]1CN2CCC1CC2)N1CCc2ccccc2C1c1ccccc1.